The normalized spacial score (nSPS) is 14.2. The number of rotatable bonds is 8. The molecule has 0 spiro atoms. The van der Waals surface area contributed by atoms with Gasteiger partial charge in [0.1, 0.15) is 5.75 Å². The zero-order chi connectivity index (χ0) is 13.4. The molecule has 1 aromatic carbocycles. The van der Waals surface area contributed by atoms with Crippen molar-refractivity contribution >= 4 is 10.8 Å². The van der Waals surface area contributed by atoms with Crippen molar-refractivity contribution in [1.82, 2.24) is 5.32 Å². The molecule has 0 bridgehead atoms. The molecule has 0 radical (unpaired) electrons. The summed E-state index contributed by atoms with van der Waals surface area (Å²) in [6, 6.07) is 8.10. The number of hydrogen-bond donors (Lipinski definition) is 1. The van der Waals surface area contributed by atoms with Crippen molar-refractivity contribution in [3.63, 3.8) is 0 Å². The van der Waals surface area contributed by atoms with Crippen LogP contribution < -0.4 is 10.1 Å². The molecular formula is C14H23NO2S. The molecule has 0 fully saturated rings. The van der Waals surface area contributed by atoms with Crippen LogP contribution >= 0.6 is 0 Å². The van der Waals surface area contributed by atoms with E-state index >= 15 is 0 Å². The Morgan fingerprint density at radius 3 is 2.89 bits per heavy atom. The lowest BCUT2D eigenvalue weighted by Crippen LogP contribution is -2.27. The van der Waals surface area contributed by atoms with Crippen LogP contribution in [-0.4, -0.2) is 28.9 Å². The molecule has 0 heterocycles. The summed E-state index contributed by atoms with van der Waals surface area (Å²) in [5.74, 6) is 0.920. The Balaban J connectivity index is 2.40. The molecule has 1 rings (SSSR count). The van der Waals surface area contributed by atoms with Gasteiger partial charge in [0, 0.05) is 35.4 Å². The Morgan fingerprint density at radius 1 is 1.44 bits per heavy atom. The zero-order valence-electron chi connectivity index (χ0n) is 11.4. The van der Waals surface area contributed by atoms with E-state index in [9.17, 15) is 4.21 Å². The van der Waals surface area contributed by atoms with Gasteiger partial charge in [-0.15, -0.1) is 0 Å². The Morgan fingerprint density at radius 2 is 2.22 bits per heavy atom. The summed E-state index contributed by atoms with van der Waals surface area (Å²) in [7, 11) is -0.764. The van der Waals surface area contributed by atoms with Crippen molar-refractivity contribution in [2.45, 2.75) is 32.1 Å². The maximum atomic E-state index is 11.2. The molecule has 1 N–H and O–H groups in total. The molecular weight excluding hydrogens is 246 g/mol. The first kappa shape index (κ1) is 15.2. The zero-order valence-corrected chi connectivity index (χ0v) is 12.3. The van der Waals surface area contributed by atoms with E-state index in [0.717, 1.165) is 31.9 Å². The summed E-state index contributed by atoms with van der Waals surface area (Å²) in [5, 5.41) is 3.50. The summed E-state index contributed by atoms with van der Waals surface area (Å²) in [5.41, 5.74) is 1.19. The maximum Gasteiger partial charge on any atom is 0.119 e. The van der Waals surface area contributed by atoms with Crippen molar-refractivity contribution in [2.24, 2.45) is 0 Å². The maximum absolute atomic E-state index is 11.2. The van der Waals surface area contributed by atoms with E-state index in [-0.39, 0.29) is 5.25 Å². The van der Waals surface area contributed by atoms with Crippen molar-refractivity contribution in [1.29, 1.82) is 0 Å². The highest BCUT2D eigenvalue weighted by Gasteiger charge is 2.05. The predicted octanol–water partition coefficient (Wildman–Crippen LogP) is 2.33. The lowest BCUT2D eigenvalue weighted by molar-refractivity contribution is 0.317. The average Bonchev–Trinajstić information content (AvgIpc) is 2.36. The van der Waals surface area contributed by atoms with Crippen LogP contribution in [0, 0.1) is 0 Å². The van der Waals surface area contributed by atoms with Crippen molar-refractivity contribution in [2.75, 3.05) is 19.4 Å². The summed E-state index contributed by atoms with van der Waals surface area (Å²) in [6.45, 7) is 6.39. The van der Waals surface area contributed by atoms with Gasteiger partial charge < -0.3 is 10.1 Å². The van der Waals surface area contributed by atoms with Gasteiger partial charge in [0.05, 0.1) is 6.61 Å². The van der Waals surface area contributed by atoms with Gasteiger partial charge in [-0.2, -0.15) is 0 Å². The molecule has 0 aliphatic carbocycles. The van der Waals surface area contributed by atoms with Crippen LogP contribution in [0.4, 0.5) is 0 Å². The van der Waals surface area contributed by atoms with Gasteiger partial charge in [0.15, 0.2) is 0 Å². The van der Waals surface area contributed by atoms with E-state index < -0.39 is 10.8 Å². The van der Waals surface area contributed by atoms with Crippen LogP contribution in [0.2, 0.25) is 0 Å². The van der Waals surface area contributed by atoms with Crippen LogP contribution in [0.3, 0.4) is 0 Å². The minimum Gasteiger partial charge on any atom is -0.494 e. The number of ether oxygens (including phenoxy) is 1. The topological polar surface area (TPSA) is 38.3 Å². The molecule has 2 unspecified atom stereocenters. The van der Waals surface area contributed by atoms with Crippen LogP contribution in [0.25, 0.3) is 0 Å². The highest BCUT2D eigenvalue weighted by Crippen LogP contribution is 2.13. The largest absolute Gasteiger partial charge is 0.494 e. The second-order valence-corrected chi connectivity index (χ2v) is 6.24. The molecule has 0 amide bonds. The van der Waals surface area contributed by atoms with Gasteiger partial charge >= 0.3 is 0 Å². The SMILES string of the molecule is CCCOc1cccc(CNCC(C)S(C)=O)c1. The lowest BCUT2D eigenvalue weighted by Gasteiger charge is -2.11. The molecule has 0 saturated carbocycles. The molecule has 18 heavy (non-hydrogen) atoms. The quantitative estimate of drug-likeness (QED) is 0.787. The summed E-state index contributed by atoms with van der Waals surface area (Å²) in [4.78, 5) is 0. The van der Waals surface area contributed by atoms with E-state index in [1.165, 1.54) is 5.56 Å². The third-order valence-corrected chi connectivity index (χ3v) is 4.00. The van der Waals surface area contributed by atoms with Crippen molar-refractivity contribution < 1.29 is 8.95 Å². The molecule has 0 aliphatic heterocycles. The van der Waals surface area contributed by atoms with Crippen LogP contribution in [-0.2, 0) is 17.3 Å². The third-order valence-electron chi connectivity index (χ3n) is 2.70. The Labute approximate surface area is 112 Å². The van der Waals surface area contributed by atoms with Gasteiger partial charge in [0.25, 0.3) is 0 Å². The molecule has 0 aliphatic rings. The Kier molecular flexibility index (Phi) is 6.98. The molecule has 102 valence electrons. The van der Waals surface area contributed by atoms with Gasteiger partial charge in [-0.3, -0.25) is 4.21 Å². The predicted molar refractivity (Wildman–Crippen MR) is 77.5 cm³/mol. The van der Waals surface area contributed by atoms with Crippen molar-refractivity contribution in [3.05, 3.63) is 29.8 Å². The molecule has 0 aromatic heterocycles. The fourth-order valence-electron chi connectivity index (χ4n) is 1.50. The average molecular weight is 269 g/mol. The molecule has 2 atom stereocenters. The monoisotopic (exact) mass is 269 g/mol. The number of nitrogens with one attached hydrogen (secondary N) is 1. The second-order valence-electron chi connectivity index (χ2n) is 4.44. The van der Waals surface area contributed by atoms with E-state index in [2.05, 4.69) is 24.4 Å². The van der Waals surface area contributed by atoms with E-state index in [0.29, 0.717) is 0 Å². The Hall–Kier alpha value is -0.870. The molecule has 0 saturated heterocycles. The van der Waals surface area contributed by atoms with Gasteiger partial charge in [-0.25, -0.2) is 0 Å². The van der Waals surface area contributed by atoms with Crippen molar-refractivity contribution in [3.8, 4) is 5.75 Å². The Bertz CT molecular complexity index is 382. The number of hydrogen-bond acceptors (Lipinski definition) is 3. The first-order valence-electron chi connectivity index (χ1n) is 6.38. The van der Waals surface area contributed by atoms with E-state index in [1.807, 2.05) is 19.1 Å². The van der Waals surface area contributed by atoms with Crippen LogP contribution in [0.5, 0.6) is 5.75 Å². The fraction of sp³-hybridized carbons (Fsp3) is 0.571. The van der Waals surface area contributed by atoms with E-state index in [4.69, 9.17) is 4.74 Å². The minimum absolute atomic E-state index is 0.185. The second kappa shape index (κ2) is 8.27. The standard InChI is InChI=1S/C14H23NO2S/c1-4-8-17-14-7-5-6-13(9-14)11-15-10-12(2)18(3)16/h5-7,9,12,15H,4,8,10-11H2,1-3H3. The summed E-state index contributed by atoms with van der Waals surface area (Å²) < 4.78 is 16.8. The highest BCUT2D eigenvalue weighted by atomic mass is 32.2. The lowest BCUT2D eigenvalue weighted by atomic mass is 10.2. The summed E-state index contributed by atoms with van der Waals surface area (Å²) >= 11 is 0. The first-order valence-corrected chi connectivity index (χ1v) is 8.00. The third kappa shape index (κ3) is 5.65. The molecule has 1 aromatic rings. The molecule has 4 heteroatoms. The van der Waals surface area contributed by atoms with Gasteiger partial charge in [-0.1, -0.05) is 19.1 Å². The van der Waals surface area contributed by atoms with E-state index in [1.54, 1.807) is 6.26 Å². The van der Waals surface area contributed by atoms with Crippen LogP contribution in [0.15, 0.2) is 24.3 Å². The minimum atomic E-state index is -0.764. The highest BCUT2D eigenvalue weighted by molar-refractivity contribution is 7.84. The molecule has 3 nitrogen and oxygen atoms in total. The first-order chi connectivity index (χ1) is 8.63. The number of benzene rings is 1. The van der Waals surface area contributed by atoms with Crippen LogP contribution in [0.1, 0.15) is 25.8 Å². The van der Waals surface area contributed by atoms with Gasteiger partial charge in [-0.05, 0) is 31.0 Å². The fourth-order valence-corrected chi connectivity index (χ4v) is 1.85. The van der Waals surface area contributed by atoms with Gasteiger partial charge in [0.2, 0.25) is 0 Å². The summed E-state index contributed by atoms with van der Waals surface area (Å²) in [6.07, 6.45) is 2.76. The smallest absolute Gasteiger partial charge is 0.119 e.